The molecule has 0 aromatic rings. The van der Waals surface area contributed by atoms with Gasteiger partial charge in [0.05, 0.1) is 22.4 Å². The molecule has 0 saturated carbocycles. The van der Waals surface area contributed by atoms with E-state index in [1.54, 1.807) is 4.90 Å². The van der Waals surface area contributed by atoms with Crippen molar-refractivity contribution in [2.45, 2.75) is 26.2 Å². The fourth-order valence-corrected chi connectivity index (χ4v) is 3.55. The third-order valence-corrected chi connectivity index (χ3v) is 5.09. The zero-order chi connectivity index (χ0) is 13.8. The number of nitrogens with zero attached hydrogens (tertiary/aromatic N) is 1. The number of amides is 1. The first kappa shape index (κ1) is 15.4. The Morgan fingerprint density at radius 3 is 2.61 bits per heavy atom. The van der Waals surface area contributed by atoms with E-state index in [2.05, 4.69) is 0 Å². The zero-order valence-electron chi connectivity index (χ0n) is 10.6. The van der Waals surface area contributed by atoms with Gasteiger partial charge < -0.3 is 10.6 Å². The lowest BCUT2D eigenvalue weighted by molar-refractivity contribution is -0.133. The Balaban J connectivity index is 2.73. The molecule has 1 aliphatic heterocycles. The maximum absolute atomic E-state index is 12.3. The number of nitrogens with two attached hydrogens (primary N) is 1. The maximum atomic E-state index is 12.3. The molecule has 1 heterocycles. The predicted octanol–water partition coefficient (Wildman–Crippen LogP) is 0.336. The second-order valence-corrected chi connectivity index (χ2v) is 7.35. The first-order chi connectivity index (χ1) is 8.37. The topological polar surface area (TPSA) is 80.5 Å². The molecule has 1 saturated heterocycles. The van der Waals surface area contributed by atoms with E-state index in [0.29, 0.717) is 19.4 Å². The molecule has 1 aliphatic rings. The van der Waals surface area contributed by atoms with Crippen LogP contribution in [0.4, 0.5) is 0 Å². The quantitative estimate of drug-likeness (QED) is 0.756. The fraction of sp³-hybridized carbons (Fsp3) is 0.818. The van der Waals surface area contributed by atoms with Gasteiger partial charge in [-0.15, -0.1) is 0 Å². The van der Waals surface area contributed by atoms with Crippen molar-refractivity contribution in [3.8, 4) is 0 Å². The summed E-state index contributed by atoms with van der Waals surface area (Å²) >= 11 is 4.92. The monoisotopic (exact) mass is 292 g/mol. The van der Waals surface area contributed by atoms with E-state index in [1.807, 2.05) is 6.92 Å². The Bertz CT molecular complexity index is 420. The van der Waals surface area contributed by atoms with Crippen LogP contribution in [0, 0.1) is 5.92 Å². The van der Waals surface area contributed by atoms with Gasteiger partial charge in [-0.05, 0) is 12.8 Å². The van der Waals surface area contributed by atoms with Crippen LogP contribution in [0.2, 0.25) is 0 Å². The zero-order valence-corrected chi connectivity index (χ0v) is 12.2. The second-order valence-electron chi connectivity index (χ2n) is 4.57. The molecule has 0 bridgehead atoms. The number of thiocarbonyl (C=S) groups is 1. The largest absolute Gasteiger partial charge is 0.393 e. The lowest BCUT2D eigenvalue weighted by Crippen LogP contribution is -2.42. The fourth-order valence-electron chi connectivity index (χ4n) is 2.06. The molecule has 1 fully saturated rings. The van der Waals surface area contributed by atoms with E-state index >= 15 is 0 Å². The molecule has 1 unspecified atom stereocenters. The summed E-state index contributed by atoms with van der Waals surface area (Å²) in [5, 5.41) is 0. The highest BCUT2D eigenvalue weighted by atomic mass is 32.2. The first-order valence-electron chi connectivity index (χ1n) is 6.16. The SMILES string of the molecule is CCCC(C(=O)N1CCCS(=O)(=O)CC1)C(N)=S. The van der Waals surface area contributed by atoms with Crippen LogP contribution in [0.25, 0.3) is 0 Å². The van der Waals surface area contributed by atoms with Crippen molar-refractivity contribution in [2.24, 2.45) is 11.7 Å². The summed E-state index contributed by atoms with van der Waals surface area (Å²) in [6, 6.07) is 0. The maximum Gasteiger partial charge on any atom is 0.232 e. The second kappa shape index (κ2) is 6.47. The minimum Gasteiger partial charge on any atom is -0.393 e. The lowest BCUT2D eigenvalue weighted by atomic mass is 10.0. The van der Waals surface area contributed by atoms with Crippen molar-refractivity contribution < 1.29 is 13.2 Å². The summed E-state index contributed by atoms with van der Waals surface area (Å²) in [6.45, 7) is 2.69. The summed E-state index contributed by atoms with van der Waals surface area (Å²) in [5.74, 6) is -0.385. The van der Waals surface area contributed by atoms with E-state index < -0.39 is 15.8 Å². The van der Waals surface area contributed by atoms with E-state index in [4.69, 9.17) is 18.0 Å². The van der Waals surface area contributed by atoms with Crippen molar-refractivity contribution in [1.29, 1.82) is 0 Å². The van der Waals surface area contributed by atoms with E-state index in [1.165, 1.54) is 0 Å². The van der Waals surface area contributed by atoms with Crippen molar-refractivity contribution in [3.63, 3.8) is 0 Å². The Hall–Kier alpha value is -0.690. The number of carbonyl (C=O) groups is 1. The predicted molar refractivity (Wildman–Crippen MR) is 75.0 cm³/mol. The van der Waals surface area contributed by atoms with Gasteiger partial charge in [0.1, 0.15) is 0 Å². The summed E-state index contributed by atoms with van der Waals surface area (Å²) in [4.78, 5) is 14.0. The molecule has 0 aliphatic carbocycles. The van der Waals surface area contributed by atoms with Crippen LogP contribution in [0.15, 0.2) is 0 Å². The molecular weight excluding hydrogens is 272 g/mol. The van der Waals surface area contributed by atoms with Gasteiger partial charge in [-0.25, -0.2) is 8.42 Å². The molecule has 104 valence electrons. The van der Waals surface area contributed by atoms with Crippen LogP contribution in [0.1, 0.15) is 26.2 Å². The van der Waals surface area contributed by atoms with Crippen LogP contribution in [0.3, 0.4) is 0 Å². The Labute approximate surface area is 114 Å². The van der Waals surface area contributed by atoms with Gasteiger partial charge in [0.2, 0.25) is 5.91 Å². The third-order valence-electron chi connectivity index (χ3n) is 3.09. The highest BCUT2D eigenvalue weighted by Crippen LogP contribution is 2.14. The van der Waals surface area contributed by atoms with Crippen LogP contribution < -0.4 is 5.73 Å². The highest BCUT2D eigenvalue weighted by Gasteiger charge is 2.28. The minimum atomic E-state index is -3.00. The molecule has 2 N–H and O–H groups in total. The van der Waals surface area contributed by atoms with Crippen LogP contribution in [0.5, 0.6) is 0 Å². The number of carbonyl (C=O) groups excluding carboxylic acids is 1. The third kappa shape index (κ3) is 4.20. The summed E-state index contributed by atoms with van der Waals surface area (Å²) in [6.07, 6.45) is 1.93. The van der Waals surface area contributed by atoms with Gasteiger partial charge in [0.15, 0.2) is 9.84 Å². The molecule has 5 nitrogen and oxygen atoms in total. The Morgan fingerprint density at radius 1 is 1.39 bits per heavy atom. The van der Waals surface area contributed by atoms with Gasteiger partial charge in [0, 0.05) is 13.1 Å². The van der Waals surface area contributed by atoms with Gasteiger partial charge in [-0.1, -0.05) is 25.6 Å². The highest BCUT2D eigenvalue weighted by molar-refractivity contribution is 7.91. The van der Waals surface area contributed by atoms with Gasteiger partial charge >= 0.3 is 0 Å². The average molecular weight is 292 g/mol. The Kier molecular flexibility index (Phi) is 5.52. The number of hydrogen-bond acceptors (Lipinski definition) is 4. The minimum absolute atomic E-state index is 0.0366. The number of sulfone groups is 1. The van der Waals surface area contributed by atoms with E-state index in [-0.39, 0.29) is 28.9 Å². The van der Waals surface area contributed by atoms with Gasteiger partial charge in [0.25, 0.3) is 0 Å². The average Bonchev–Trinajstić information content (AvgIpc) is 2.46. The van der Waals surface area contributed by atoms with Gasteiger partial charge in [-0.3, -0.25) is 4.79 Å². The lowest BCUT2D eigenvalue weighted by Gasteiger charge is -2.25. The molecule has 0 aromatic heterocycles. The van der Waals surface area contributed by atoms with Gasteiger partial charge in [-0.2, -0.15) is 0 Å². The molecule has 1 amide bonds. The van der Waals surface area contributed by atoms with E-state index in [0.717, 1.165) is 6.42 Å². The normalized spacial score (nSPS) is 21.1. The summed E-state index contributed by atoms with van der Waals surface area (Å²) in [5.41, 5.74) is 5.59. The van der Waals surface area contributed by atoms with Crippen molar-refractivity contribution in [2.75, 3.05) is 24.6 Å². The number of rotatable bonds is 4. The van der Waals surface area contributed by atoms with Crippen LogP contribution >= 0.6 is 12.2 Å². The molecule has 18 heavy (non-hydrogen) atoms. The number of hydrogen-bond donors (Lipinski definition) is 1. The van der Waals surface area contributed by atoms with Crippen molar-refractivity contribution in [1.82, 2.24) is 4.90 Å². The van der Waals surface area contributed by atoms with Crippen molar-refractivity contribution >= 4 is 33.0 Å². The smallest absolute Gasteiger partial charge is 0.232 e. The summed E-state index contributed by atoms with van der Waals surface area (Å²) in [7, 11) is -3.00. The molecule has 0 radical (unpaired) electrons. The van der Waals surface area contributed by atoms with Crippen LogP contribution in [-0.2, 0) is 14.6 Å². The first-order valence-corrected chi connectivity index (χ1v) is 8.39. The molecule has 1 rings (SSSR count). The Morgan fingerprint density at radius 2 is 2.06 bits per heavy atom. The van der Waals surface area contributed by atoms with E-state index in [9.17, 15) is 13.2 Å². The molecule has 0 aromatic carbocycles. The van der Waals surface area contributed by atoms with Crippen molar-refractivity contribution in [3.05, 3.63) is 0 Å². The molecule has 7 heteroatoms. The summed E-state index contributed by atoms with van der Waals surface area (Å²) < 4.78 is 23.0. The molecular formula is C11H20N2O3S2. The standard InChI is InChI=1S/C11H20N2O3S2/c1-2-4-9(10(12)17)11(14)13-5-3-7-18(15,16)8-6-13/h9H,2-8H2,1H3,(H2,12,17). The molecule has 1 atom stereocenters. The molecule has 0 spiro atoms. The van der Waals surface area contributed by atoms with Crippen LogP contribution in [-0.4, -0.2) is 48.8 Å².